The van der Waals surface area contributed by atoms with Crippen LogP contribution in [0.2, 0.25) is 5.02 Å². The number of hydrogen-bond donors (Lipinski definition) is 1. The van der Waals surface area contributed by atoms with Crippen molar-refractivity contribution in [1.82, 2.24) is 4.90 Å². The number of carbonyl (C=O) groups excluding carboxylic acids is 2. The maximum Gasteiger partial charge on any atom is 0.278 e. The molecule has 4 rings (SSSR count). The largest absolute Gasteiger partial charge is 0.350 e. The number of hydrogen-bond acceptors (Lipinski definition) is 3. The molecule has 4 nitrogen and oxygen atoms in total. The molecule has 0 atom stereocenters. The molecule has 0 fully saturated rings. The average molecular weight is 407 g/mol. The van der Waals surface area contributed by atoms with Crippen LogP contribution in [0, 0.1) is 5.82 Å². The molecule has 1 N–H and O–H groups in total. The van der Waals surface area contributed by atoms with Crippen LogP contribution < -0.4 is 5.32 Å². The van der Waals surface area contributed by atoms with Gasteiger partial charge < -0.3 is 5.32 Å². The molecule has 1 aliphatic heterocycles. The van der Waals surface area contributed by atoms with Gasteiger partial charge in [0.1, 0.15) is 11.5 Å². The Hall–Kier alpha value is -3.44. The highest BCUT2D eigenvalue weighted by molar-refractivity contribution is 6.36. The lowest BCUT2D eigenvalue weighted by molar-refractivity contribution is -0.137. The lowest BCUT2D eigenvalue weighted by Crippen LogP contribution is -2.32. The maximum absolute atomic E-state index is 13.6. The Bertz CT molecular complexity index is 1110. The molecule has 1 aliphatic rings. The van der Waals surface area contributed by atoms with Crippen molar-refractivity contribution in [3.8, 4) is 0 Å². The number of halogens is 2. The Balaban J connectivity index is 1.72. The van der Waals surface area contributed by atoms with Crippen molar-refractivity contribution in [3.05, 3.63) is 107 Å². The topological polar surface area (TPSA) is 49.4 Å². The number of anilines is 1. The number of rotatable bonds is 5. The second kappa shape index (κ2) is 7.89. The van der Waals surface area contributed by atoms with E-state index in [-0.39, 0.29) is 17.8 Å². The summed E-state index contributed by atoms with van der Waals surface area (Å²) in [6.07, 6.45) is 0. The monoisotopic (exact) mass is 406 g/mol. The van der Waals surface area contributed by atoms with E-state index < -0.39 is 17.6 Å². The van der Waals surface area contributed by atoms with E-state index in [4.69, 9.17) is 11.6 Å². The fourth-order valence-corrected chi connectivity index (χ4v) is 3.32. The molecule has 0 saturated carbocycles. The zero-order valence-corrected chi connectivity index (χ0v) is 16.0. The van der Waals surface area contributed by atoms with Crippen LogP contribution in [0.15, 0.2) is 84.6 Å². The smallest absolute Gasteiger partial charge is 0.278 e. The van der Waals surface area contributed by atoms with Gasteiger partial charge >= 0.3 is 0 Å². The van der Waals surface area contributed by atoms with Crippen molar-refractivity contribution in [2.45, 2.75) is 6.54 Å². The second-order valence-corrected chi connectivity index (χ2v) is 7.01. The van der Waals surface area contributed by atoms with E-state index in [1.807, 2.05) is 6.07 Å². The molecule has 2 amide bonds. The van der Waals surface area contributed by atoms with Gasteiger partial charge in [0.15, 0.2) is 0 Å². The third-order valence-electron chi connectivity index (χ3n) is 4.58. The van der Waals surface area contributed by atoms with Crippen molar-refractivity contribution in [2.24, 2.45) is 0 Å². The van der Waals surface area contributed by atoms with Crippen LogP contribution in [0.1, 0.15) is 11.1 Å². The molecule has 6 heteroatoms. The van der Waals surface area contributed by atoms with E-state index in [0.29, 0.717) is 16.3 Å². The lowest BCUT2D eigenvalue weighted by atomic mass is 10.0. The molecule has 1 heterocycles. The van der Waals surface area contributed by atoms with Crippen molar-refractivity contribution in [3.63, 3.8) is 0 Å². The molecule has 0 radical (unpaired) electrons. The minimum atomic E-state index is -0.465. The Kier molecular flexibility index (Phi) is 5.14. The first-order valence-electron chi connectivity index (χ1n) is 8.96. The Morgan fingerprint density at radius 2 is 1.59 bits per heavy atom. The summed E-state index contributed by atoms with van der Waals surface area (Å²) in [5, 5.41) is 3.52. The highest BCUT2D eigenvalue weighted by Gasteiger charge is 2.39. The average Bonchev–Trinajstić information content (AvgIpc) is 2.94. The normalized spacial score (nSPS) is 13.9. The lowest BCUT2D eigenvalue weighted by Gasteiger charge is -2.15. The van der Waals surface area contributed by atoms with Gasteiger partial charge in [0.2, 0.25) is 0 Å². The molecule has 0 bridgehead atoms. The number of carbonyl (C=O) groups is 2. The summed E-state index contributed by atoms with van der Waals surface area (Å²) in [7, 11) is 0. The van der Waals surface area contributed by atoms with Gasteiger partial charge in [-0.05, 0) is 41.5 Å². The van der Waals surface area contributed by atoms with E-state index in [1.54, 1.807) is 54.6 Å². The van der Waals surface area contributed by atoms with Crippen LogP contribution in [0.4, 0.5) is 10.1 Å². The summed E-state index contributed by atoms with van der Waals surface area (Å²) in [6.45, 7) is 0.111. The molecule has 3 aromatic rings. The van der Waals surface area contributed by atoms with Crippen molar-refractivity contribution in [1.29, 1.82) is 0 Å². The highest BCUT2D eigenvalue weighted by Crippen LogP contribution is 2.31. The van der Waals surface area contributed by atoms with Crippen molar-refractivity contribution >= 4 is 34.7 Å². The number of amides is 2. The van der Waals surface area contributed by atoms with E-state index in [2.05, 4.69) is 5.32 Å². The molecule has 0 aromatic heterocycles. The Labute approximate surface area is 172 Å². The molecule has 0 spiro atoms. The first kappa shape index (κ1) is 18.9. The molecule has 0 unspecified atom stereocenters. The van der Waals surface area contributed by atoms with Crippen LogP contribution in [0.5, 0.6) is 0 Å². The SMILES string of the molecule is O=C1C(Nc2cccc(F)c2)=C(c2ccccc2)C(=O)N1Cc1ccc(Cl)cc1. The summed E-state index contributed by atoms with van der Waals surface area (Å²) < 4.78 is 13.6. The van der Waals surface area contributed by atoms with Gasteiger partial charge in [-0.3, -0.25) is 14.5 Å². The summed E-state index contributed by atoms with van der Waals surface area (Å²) in [4.78, 5) is 27.5. The predicted octanol–water partition coefficient (Wildman–Crippen LogP) is 4.87. The summed E-state index contributed by atoms with van der Waals surface area (Å²) in [5.74, 6) is -1.31. The van der Waals surface area contributed by atoms with Gasteiger partial charge in [0, 0.05) is 10.7 Å². The van der Waals surface area contributed by atoms with Crippen molar-refractivity contribution in [2.75, 3.05) is 5.32 Å². The van der Waals surface area contributed by atoms with Gasteiger partial charge in [-0.15, -0.1) is 0 Å². The molecular weight excluding hydrogens is 391 g/mol. The first-order chi connectivity index (χ1) is 14.0. The fourth-order valence-electron chi connectivity index (χ4n) is 3.19. The highest BCUT2D eigenvalue weighted by atomic mass is 35.5. The van der Waals surface area contributed by atoms with Crippen LogP contribution in [0.3, 0.4) is 0 Å². The van der Waals surface area contributed by atoms with Gasteiger partial charge in [-0.2, -0.15) is 0 Å². The predicted molar refractivity (Wildman–Crippen MR) is 110 cm³/mol. The minimum Gasteiger partial charge on any atom is -0.350 e. The summed E-state index contributed by atoms with van der Waals surface area (Å²) in [5.41, 5.74) is 2.16. The first-order valence-corrected chi connectivity index (χ1v) is 9.33. The van der Waals surface area contributed by atoms with Crippen LogP contribution in [0.25, 0.3) is 5.57 Å². The molecule has 29 heavy (non-hydrogen) atoms. The summed E-state index contributed by atoms with van der Waals surface area (Å²) in [6, 6.07) is 21.6. The Morgan fingerprint density at radius 3 is 2.28 bits per heavy atom. The zero-order valence-electron chi connectivity index (χ0n) is 15.2. The van der Waals surface area contributed by atoms with Crippen LogP contribution in [-0.4, -0.2) is 16.7 Å². The quantitative estimate of drug-likeness (QED) is 0.615. The summed E-state index contributed by atoms with van der Waals surface area (Å²) >= 11 is 5.92. The number of benzene rings is 3. The van der Waals surface area contributed by atoms with Gasteiger partial charge in [0.25, 0.3) is 11.8 Å². The molecule has 144 valence electrons. The number of nitrogens with one attached hydrogen (secondary N) is 1. The van der Waals surface area contributed by atoms with Crippen LogP contribution >= 0.6 is 11.6 Å². The van der Waals surface area contributed by atoms with E-state index in [9.17, 15) is 14.0 Å². The third kappa shape index (κ3) is 3.91. The van der Waals surface area contributed by atoms with E-state index in [0.717, 1.165) is 5.56 Å². The van der Waals surface area contributed by atoms with Gasteiger partial charge in [-0.25, -0.2) is 4.39 Å². The zero-order chi connectivity index (χ0) is 20.4. The van der Waals surface area contributed by atoms with Crippen LogP contribution in [-0.2, 0) is 16.1 Å². The fraction of sp³-hybridized carbons (Fsp3) is 0.0435. The second-order valence-electron chi connectivity index (χ2n) is 6.57. The number of nitrogens with zero attached hydrogens (tertiary/aromatic N) is 1. The van der Waals surface area contributed by atoms with E-state index in [1.165, 1.54) is 23.1 Å². The molecule has 0 aliphatic carbocycles. The molecular formula is C23H16ClFN2O2. The van der Waals surface area contributed by atoms with Gasteiger partial charge in [0.05, 0.1) is 12.1 Å². The Morgan fingerprint density at radius 1 is 0.862 bits per heavy atom. The standard InChI is InChI=1S/C23H16ClFN2O2/c24-17-11-9-15(10-12-17)14-27-22(28)20(16-5-2-1-3-6-16)21(23(27)29)26-19-8-4-7-18(25)13-19/h1-13,26H,14H2. The minimum absolute atomic E-state index is 0.111. The maximum atomic E-state index is 13.6. The van der Waals surface area contributed by atoms with Crippen molar-refractivity contribution < 1.29 is 14.0 Å². The molecule has 0 saturated heterocycles. The van der Waals surface area contributed by atoms with E-state index >= 15 is 0 Å². The number of imide groups is 1. The third-order valence-corrected chi connectivity index (χ3v) is 4.83. The van der Waals surface area contributed by atoms with Gasteiger partial charge in [-0.1, -0.05) is 60.1 Å². The molecule has 3 aromatic carbocycles.